The molecule has 1 fully saturated rings. The molecule has 2 unspecified atom stereocenters. The minimum Gasteiger partial charge on any atom is -0.481 e. The van der Waals surface area contributed by atoms with E-state index < -0.39 is 11.9 Å². The van der Waals surface area contributed by atoms with E-state index in [-0.39, 0.29) is 12.6 Å². The zero-order valence-electron chi connectivity index (χ0n) is 11.2. The van der Waals surface area contributed by atoms with Crippen molar-refractivity contribution in [1.29, 1.82) is 0 Å². The van der Waals surface area contributed by atoms with Gasteiger partial charge in [0.05, 0.1) is 25.7 Å². The van der Waals surface area contributed by atoms with Crippen LogP contribution in [0.4, 0.5) is 0 Å². The third kappa shape index (κ3) is 3.10. The van der Waals surface area contributed by atoms with Crippen LogP contribution in [0.2, 0.25) is 0 Å². The number of aliphatic carboxylic acids is 1. The normalized spacial score (nSPS) is 23.1. The van der Waals surface area contributed by atoms with Crippen molar-refractivity contribution in [3.05, 3.63) is 11.8 Å². The molecule has 1 N–H and O–H groups in total. The van der Waals surface area contributed by atoms with Gasteiger partial charge in [0, 0.05) is 12.5 Å². The Morgan fingerprint density at radius 2 is 2.11 bits per heavy atom. The fourth-order valence-electron chi connectivity index (χ4n) is 2.27. The Balaban J connectivity index is 2.05. The molecule has 1 aromatic rings. The summed E-state index contributed by atoms with van der Waals surface area (Å²) in [6, 6.07) is -0.139. The standard InChI is InChI=1S/C12H19N3O4/c1-3-10-13-14-11(19-10)5-15(4-2)9-7-18-6-8(9)12(16)17/h8-9H,3-7H2,1-2H3,(H,16,17). The van der Waals surface area contributed by atoms with Crippen molar-refractivity contribution in [2.24, 2.45) is 5.92 Å². The molecule has 1 saturated heterocycles. The summed E-state index contributed by atoms with van der Waals surface area (Å²) in [5, 5.41) is 17.1. The first kappa shape index (κ1) is 14.0. The zero-order valence-corrected chi connectivity index (χ0v) is 11.2. The first-order chi connectivity index (χ1) is 9.15. The molecule has 1 aliphatic heterocycles. The predicted octanol–water partition coefficient (Wildman–Crippen LogP) is 0.553. The summed E-state index contributed by atoms with van der Waals surface area (Å²) in [4.78, 5) is 13.2. The number of carboxylic acid groups (broad SMARTS) is 1. The fraction of sp³-hybridized carbons (Fsp3) is 0.750. The van der Waals surface area contributed by atoms with Crippen LogP contribution in [0, 0.1) is 5.92 Å². The Bertz CT molecular complexity index is 434. The lowest BCUT2D eigenvalue weighted by atomic mass is 10.0. The summed E-state index contributed by atoms with van der Waals surface area (Å²) in [5.41, 5.74) is 0. The maximum absolute atomic E-state index is 11.2. The second kappa shape index (κ2) is 6.12. The van der Waals surface area contributed by atoms with Gasteiger partial charge in [-0.15, -0.1) is 10.2 Å². The van der Waals surface area contributed by atoms with Crippen molar-refractivity contribution >= 4 is 5.97 Å². The number of carbonyl (C=O) groups is 1. The molecule has 1 aliphatic rings. The van der Waals surface area contributed by atoms with E-state index in [4.69, 9.17) is 9.15 Å². The van der Waals surface area contributed by atoms with Crippen molar-refractivity contribution in [1.82, 2.24) is 15.1 Å². The van der Waals surface area contributed by atoms with Gasteiger partial charge in [-0.05, 0) is 6.54 Å². The van der Waals surface area contributed by atoms with Crippen molar-refractivity contribution in [2.45, 2.75) is 32.9 Å². The minimum absolute atomic E-state index is 0.139. The van der Waals surface area contributed by atoms with E-state index in [2.05, 4.69) is 10.2 Å². The van der Waals surface area contributed by atoms with E-state index in [0.717, 1.165) is 0 Å². The molecule has 2 rings (SSSR count). The summed E-state index contributed by atoms with van der Waals surface area (Å²) in [6.45, 7) is 5.79. The van der Waals surface area contributed by atoms with Crippen molar-refractivity contribution < 1.29 is 19.1 Å². The van der Waals surface area contributed by atoms with Gasteiger partial charge in [0.25, 0.3) is 0 Å². The van der Waals surface area contributed by atoms with Gasteiger partial charge in [-0.3, -0.25) is 9.69 Å². The highest BCUT2D eigenvalue weighted by Gasteiger charge is 2.37. The van der Waals surface area contributed by atoms with Gasteiger partial charge in [-0.1, -0.05) is 13.8 Å². The highest BCUT2D eigenvalue weighted by atomic mass is 16.5. The van der Waals surface area contributed by atoms with E-state index in [0.29, 0.717) is 37.9 Å². The third-order valence-electron chi connectivity index (χ3n) is 3.39. The second-order valence-corrected chi connectivity index (χ2v) is 4.56. The summed E-state index contributed by atoms with van der Waals surface area (Å²) < 4.78 is 10.8. The Morgan fingerprint density at radius 1 is 1.37 bits per heavy atom. The third-order valence-corrected chi connectivity index (χ3v) is 3.39. The van der Waals surface area contributed by atoms with Crippen LogP contribution in [0.3, 0.4) is 0 Å². The molecular formula is C12H19N3O4. The largest absolute Gasteiger partial charge is 0.481 e. The average Bonchev–Trinajstić information content (AvgIpc) is 3.04. The lowest BCUT2D eigenvalue weighted by molar-refractivity contribution is -0.143. The van der Waals surface area contributed by atoms with Crippen LogP contribution in [0.5, 0.6) is 0 Å². The van der Waals surface area contributed by atoms with E-state index in [1.165, 1.54) is 0 Å². The highest BCUT2D eigenvalue weighted by Crippen LogP contribution is 2.21. The molecule has 106 valence electrons. The van der Waals surface area contributed by atoms with Gasteiger partial charge >= 0.3 is 5.97 Å². The highest BCUT2D eigenvalue weighted by molar-refractivity contribution is 5.71. The van der Waals surface area contributed by atoms with Gasteiger partial charge in [-0.2, -0.15) is 0 Å². The second-order valence-electron chi connectivity index (χ2n) is 4.56. The maximum atomic E-state index is 11.2. The molecule has 0 aliphatic carbocycles. The Morgan fingerprint density at radius 3 is 2.68 bits per heavy atom. The minimum atomic E-state index is -0.819. The number of nitrogens with zero attached hydrogens (tertiary/aromatic N) is 3. The van der Waals surface area contributed by atoms with Crippen molar-refractivity contribution in [3.63, 3.8) is 0 Å². The van der Waals surface area contributed by atoms with Crippen LogP contribution in [0.15, 0.2) is 4.42 Å². The van der Waals surface area contributed by atoms with E-state index in [9.17, 15) is 9.90 Å². The van der Waals surface area contributed by atoms with E-state index in [1.807, 2.05) is 18.7 Å². The van der Waals surface area contributed by atoms with Gasteiger partial charge < -0.3 is 14.3 Å². The monoisotopic (exact) mass is 269 g/mol. The number of hydrogen-bond acceptors (Lipinski definition) is 6. The molecule has 0 saturated carbocycles. The molecule has 0 bridgehead atoms. The SMILES string of the molecule is CCc1nnc(CN(CC)C2COCC2C(=O)O)o1. The molecule has 7 heteroatoms. The number of likely N-dealkylation sites (N-methyl/N-ethyl adjacent to an activating group) is 1. The molecule has 0 amide bonds. The number of rotatable bonds is 6. The van der Waals surface area contributed by atoms with Crippen molar-refractivity contribution in [2.75, 3.05) is 19.8 Å². The molecule has 0 radical (unpaired) electrons. The van der Waals surface area contributed by atoms with Crippen LogP contribution >= 0.6 is 0 Å². The van der Waals surface area contributed by atoms with Crippen LogP contribution < -0.4 is 0 Å². The molecule has 0 spiro atoms. The quantitative estimate of drug-likeness (QED) is 0.806. The molecule has 7 nitrogen and oxygen atoms in total. The number of aromatic nitrogens is 2. The number of aryl methyl sites for hydroxylation is 1. The topological polar surface area (TPSA) is 88.7 Å². The molecule has 19 heavy (non-hydrogen) atoms. The summed E-state index contributed by atoms with van der Waals surface area (Å²) in [7, 11) is 0. The van der Waals surface area contributed by atoms with E-state index >= 15 is 0 Å². The lowest BCUT2D eigenvalue weighted by Gasteiger charge is -2.27. The Labute approximate surface area is 111 Å². The zero-order chi connectivity index (χ0) is 13.8. The van der Waals surface area contributed by atoms with Crippen molar-refractivity contribution in [3.8, 4) is 0 Å². The predicted molar refractivity (Wildman–Crippen MR) is 65.5 cm³/mol. The summed E-state index contributed by atoms with van der Waals surface area (Å²) in [6.07, 6.45) is 0.698. The Hall–Kier alpha value is -1.47. The van der Waals surface area contributed by atoms with Crippen LogP contribution in [0.1, 0.15) is 25.6 Å². The molecule has 0 aromatic carbocycles. The molecular weight excluding hydrogens is 250 g/mol. The smallest absolute Gasteiger partial charge is 0.310 e. The Kier molecular flexibility index (Phi) is 4.49. The van der Waals surface area contributed by atoms with Gasteiger partial charge in [0.15, 0.2) is 0 Å². The maximum Gasteiger partial charge on any atom is 0.310 e. The summed E-state index contributed by atoms with van der Waals surface area (Å²) >= 11 is 0. The average molecular weight is 269 g/mol. The molecule has 2 atom stereocenters. The number of hydrogen-bond donors (Lipinski definition) is 1. The van der Waals surface area contributed by atoms with Crippen LogP contribution in [-0.4, -0.2) is 52.0 Å². The molecule has 2 heterocycles. The first-order valence-electron chi connectivity index (χ1n) is 6.51. The van der Waals surface area contributed by atoms with Gasteiger partial charge in [0.1, 0.15) is 0 Å². The van der Waals surface area contributed by atoms with Gasteiger partial charge in [0.2, 0.25) is 11.8 Å². The van der Waals surface area contributed by atoms with Gasteiger partial charge in [-0.25, -0.2) is 0 Å². The molecule has 1 aromatic heterocycles. The van der Waals surface area contributed by atoms with Crippen LogP contribution in [-0.2, 0) is 22.5 Å². The summed E-state index contributed by atoms with van der Waals surface area (Å²) in [5.74, 6) is -0.188. The van der Waals surface area contributed by atoms with E-state index in [1.54, 1.807) is 0 Å². The first-order valence-corrected chi connectivity index (χ1v) is 6.51. The number of carboxylic acids is 1. The lowest BCUT2D eigenvalue weighted by Crippen LogP contribution is -2.42. The fourth-order valence-corrected chi connectivity index (χ4v) is 2.27. The van der Waals surface area contributed by atoms with Crippen LogP contribution in [0.25, 0.3) is 0 Å². The number of ether oxygens (including phenoxy) is 1.